The van der Waals surface area contributed by atoms with Crippen molar-refractivity contribution in [2.75, 3.05) is 19.6 Å². The zero-order chi connectivity index (χ0) is 12.4. The molecule has 0 radical (unpaired) electrons. The summed E-state index contributed by atoms with van der Waals surface area (Å²) >= 11 is 0. The monoisotopic (exact) mass is 242 g/mol. The Morgan fingerprint density at radius 3 is 2.78 bits per heavy atom. The number of benzene rings is 1. The van der Waals surface area contributed by atoms with Crippen LogP contribution in [0.5, 0.6) is 0 Å². The molecule has 1 aromatic heterocycles. The van der Waals surface area contributed by atoms with Crippen LogP contribution in [-0.2, 0) is 6.42 Å². The molecule has 0 unspecified atom stereocenters. The van der Waals surface area contributed by atoms with E-state index in [-0.39, 0.29) is 5.56 Å². The highest BCUT2D eigenvalue weighted by molar-refractivity contribution is 5.81. The maximum atomic E-state index is 11.9. The molecule has 0 amide bonds. The molecule has 2 aromatic rings. The number of fused-ring (bicyclic) bond motifs is 1. The minimum absolute atomic E-state index is 0.0320. The smallest absolute Gasteiger partial charge is 0.256 e. The molecule has 1 saturated heterocycles. The topological polar surface area (TPSA) is 36.1 Å². The van der Waals surface area contributed by atoms with Gasteiger partial charge in [0.15, 0.2) is 0 Å². The van der Waals surface area contributed by atoms with Gasteiger partial charge >= 0.3 is 0 Å². The fourth-order valence-corrected chi connectivity index (χ4v) is 2.69. The molecule has 0 bridgehead atoms. The van der Waals surface area contributed by atoms with E-state index in [1.54, 1.807) is 0 Å². The first-order valence-corrected chi connectivity index (χ1v) is 6.66. The zero-order valence-electron chi connectivity index (χ0n) is 10.5. The third-order valence-corrected chi connectivity index (χ3v) is 3.71. The summed E-state index contributed by atoms with van der Waals surface area (Å²) in [6.07, 6.45) is 3.56. The van der Waals surface area contributed by atoms with Crippen LogP contribution in [0.15, 0.2) is 35.1 Å². The van der Waals surface area contributed by atoms with Crippen LogP contribution in [0.4, 0.5) is 0 Å². The van der Waals surface area contributed by atoms with E-state index >= 15 is 0 Å². The van der Waals surface area contributed by atoms with Gasteiger partial charge in [-0.15, -0.1) is 0 Å². The van der Waals surface area contributed by atoms with Gasteiger partial charge in [-0.05, 0) is 43.5 Å². The average molecular weight is 242 g/mol. The molecule has 1 aromatic carbocycles. The van der Waals surface area contributed by atoms with Gasteiger partial charge in [-0.3, -0.25) is 4.79 Å². The van der Waals surface area contributed by atoms with Crippen LogP contribution >= 0.6 is 0 Å². The van der Waals surface area contributed by atoms with E-state index in [4.69, 9.17) is 0 Å². The molecule has 0 saturated carbocycles. The molecule has 0 aliphatic carbocycles. The van der Waals surface area contributed by atoms with Crippen molar-refractivity contribution in [3.05, 3.63) is 46.4 Å². The Kier molecular flexibility index (Phi) is 3.15. The Balaban J connectivity index is 1.81. The second-order valence-corrected chi connectivity index (χ2v) is 5.01. The van der Waals surface area contributed by atoms with Gasteiger partial charge in [0, 0.05) is 24.0 Å². The molecule has 3 heteroatoms. The van der Waals surface area contributed by atoms with Crippen molar-refractivity contribution >= 4 is 10.8 Å². The normalized spacial score (nSPS) is 16.4. The predicted molar refractivity (Wildman–Crippen MR) is 73.9 cm³/mol. The molecule has 3 nitrogen and oxygen atoms in total. The van der Waals surface area contributed by atoms with E-state index in [0.29, 0.717) is 0 Å². The molecule has 1 aliphatic rings. The van der Waals surface area contributed by atoms with Gasteiger partial charge in [-0.25, -0.2) is 0 Å². The van der Waals surface area contributed by atoms with E-state index in [1.807, 2.05) is 24.3 Å². The Morgan fingerprint density at radius 2 is 1.94 bits per heavy atom. The first-order chi connectivity index (χ1) is 8.83. The molecular weight excluding hydrogens is 224 g/mol. The molecule has 1 aliphatic heterocycles. The minimum Gasteiger partial charge on any atom is -0.326 e. The molecule has 0 spiro atoms. The first-order valence-electron chi connectivity index (χ1n) is 6.66. The highest BCUT2D eigenvalue weighted by atomic mass is 16.1. The SMILES string of the molecule is O=c1[nH]c(CCN2CCCC2)cc2ccccc12. The molecule has 0 atom stereocenters. The molecule has 2 heterocycles. The number of nitrogens with one attached hydrogen (secondary N) is 1. The summed E-state index contributed by atoms with van der Waals surface area (Å²) in [6, 6.07) is 9.86. The Morgan fingerprint density at radius 1 is 1.17 bits per heavy atom. The second-order valence-electron chi connectivity index (χ2n) is 5.01. The van der Waals surface area contributed by atoms with Crippen molar-refractivity contribution in [2.24, 2.45) is 0 Å². The highest BCUT2D eigenvalue weighted by Gasteiger charge is 2.11. The lowest BCUT2D eigenvalue weighted by molar-refractivity contribution is 0.342. The van der Waals surface area contributed by atoms with Crippen molar-refractivity contribution < 1.29 is 0 Å². The van der Waals surface area contributed by atoms with E-state index in [2.05, 4.69) is 16.0 Å². The van der Waals surface area contributed by atoms with Gasteiger partial charge in [-0.1, -0.05) is 18.2 Å². The van der Waals surface area contributed by atoms with E-state index in [9.17, 15) is 4.79 Å². The standard InChI is InChI=1S/C15H18N2O/c18-15-14-6-2-1-5-12(14)11-13(16-15)7-10-17-8-3-4-9-17/h1-2,5-6,11H,3-4,7-10H2,(H,16,18). The lowest BCUT2D eigenvalue weighted by atomic mass is 10.1. The van der Waals surface area contributed by atoms with Gasteiger partial charge in [-0.2, -0.15) is 0 Å². The Bertz CT molecular complexity index is 597. The Labute approximate surface area is 106 Å². The summed E-state index contributed by atoms with van der Waals surface area (Å²) in [4.78, 5) is 17.4. The number of nitrogens with zero attached hydrogens (tertiary/aromatic N) is 1. The van der Waals surface area contributed by atoms with Crippen molar-refractivity contribution in [3.63, 3.8) is 0 Å². The fourth-order valence-electron chi connectivity index (χ4n) is 2.69. The number of likely N-dealkylation sites (tertiary alicyclic amines) is 1. The largest absolute Gasteiger partial charge is 0.326 e. The Hall–Kier alpha value is -1.61. The molecular formula is C15H18N2O. The summed E-state index contributed by atoms with van der Waals surface area (Å²) in [5, 5.41) is 1.82. The number of hydrogen-bond acceptors (Lipinski definition) is 2. The van der Waals surface area contributed by atoms with Crippen LogP contribution in [0.3, 0.4) is 0 Å². The predicted octanol–water partition coefficient (Wildman–Crippen LogP) is 2.17. The number of aromatic amines is 1. The number of hydrogen-bond donors (Lipinski definition) is 1. The summed E-state index contributed by atoms with van der Waals surface area (Å²) in [5.41, 5.74) is 1.08. The van der Waals surface area contributed by atoms with Crippen LogP contribution in [0.2, 0.25) is 0 Å². The lowest BCUT2D eigenvalue weighted by Gasteiger charge is -2.14. The van der Waals surface area contributed by atoms with Gasteiger partial charge in [0.05, 0.1) is 0 Å². The van der Waals surface area contributed by atoms with E-state index in [0.717, 1.165) is 29.4 Å². The van der Waals surface area contributed by atoms with Crippen molar-refractivity contribution in [2.45, 2.75) is 19.3 Å². The van der Waals surface area contributed by atoms with Crippen molar-refractivity contribution in [3.8, 4) is 0 Å². The molecule has 3 rings (SSSR count). The maximum absolute atomic E-state index is 11.9. The number of H-pyrrole nitrogens is 1. The van der Waals surface area contributed by atoms with Crippen LogP contribution in [-0.4, -0.2) is 29.5 Å². The first kappa shape index (κ1) is 11.5. The third kappa shape index (κ3) is 2.31. The van der Waals surface area contributed by atoms with Gasteiger partial charge in [0.25, 0.3) is 5.56 Å². The third-order valence-electron chi connectivity index (χ3n) is 3.71. The number of rotatable bonds is 3. The average Bonchev–Trinajstić information content (AvgIpc) is 2.90. The van der Waals surface area contributed by atoms with E-state index in [1.165, 1.54) is 25.9 Å². The second kappa shape index (κ2) is 4.94. The van der Waals surface area contributed by atoms with Crippen molar-refractivity contribution in [1.29, 1.82) is 0 Å². The number of aromatic nitrogens is 1. The molecule has 94 valence electrons. The van der Waals surface area contributed by atoms with Crippen molar-refractivity contribution in [1.82, 2.24) is 9.88 Å². The maximum Gasteiger partial charge on any atom is 0.256 e. The summed E-state index contributed by atoms with van der Waals surface area (Å²) in [7, 11) is 0. The molecule has 18 heavy (non-hydrogen) atoms. The zero-order valence-corrected chi connectivity index (χ0v) is 10.5. The highest BCUT2D eigenvalue weighted by Crippen LogP contribution is 2.12. The number of pyridine rings is 1. The van der Waals surface area contributed by atoms with Gasteiger partial charge in [0.1, 0.15) is 0 Å². The molecule has 1 fully saturated rings. The molecule has 1 N–H and O–H groups in total. The van der Waals surface area contributed by atoms with Crippen LogP contribution < -0.4 is 5.56 Å². The van der Waals surface area contributed by atoms with E-state index < -0.39 is 0 Å². The summed E-state index contributed by atoms with van der Waals surface area (Å²) in [6.45, 7) is 3.46. The van der Waals surface area contributed by atoms with Gasteiger partial charge in [0.2, 0.25) is 0 Å². The lowest BCUT2D eigenvalue weighted by Crippen LogP contribution is -2.23. The fraction of sp³-hybridized carbons (Fsp3) is 0.400. The van der Waals surface area contributed by atoms with Gasteiger partial charge < -0.3 is 9.88 Å². The quantitative estimate of drug-likeness (QED) is 0.895. The van der Waals surface area contributed by atoms with Crippen LogP contribution in [0, 0.1) is 0 Å². The van der Waals surface area contributed by atoms with Crippen LogP contribution in [0.1, 0.15) is 18.5 Å². The summed E-state index contributed by atoms with van der Waals surface area (Å²) < 4.78 is 0. The summed E-state index contributed by atoms with van der Waals surface area (Å²) in [5.74, 6) is 0. The minimum atomic E-state index is 0.0320. The van der Waals surface area contributed by atoms with Crippen LogP contribution in [0.25, 0.3) is 10.8 Å².